The Labute approximate surface area is 81.9 Å². The maximum atomic E-state index is 5.24. The highest BCUT2D eigenvalue weighted by atomic mass is 79.9. The highest BCUT2D eigenvalue weighted by molar-refractivity contribution is 9.10. The summed E-state index contributed by atoms with van der Waals surface area (Å²) in [6.07, 6.45) is 1.04. The Morgan fingerprint density at radius 1 is 1.42 bits per heavy atom. The Hall–Kier alpha value is -0.500. The molecule has 1 aromatic rings. The summed E-state index contributed by atoms with van der Waals surface area (Å²) in [7, 11) is 1.70. The van der Waals surface area contributed by atoms with Gasteiger partial charge in [0.2, 0.25) is 0 Å². The number of rotatable bonds is 2. The SMILES string of the molecule is CCc1cc(Br)c(C)c(OC)c1. The van der Waals surface area contributed by atoms with Crippen LogP contribution in [0.25, 0.3) is 0 Å². The fourth-order valence-corrected chi connectivity index (χ4v) is 1.61. The fourth-order valence-electron chi connectivity index (χ4n) is 1.12. The van der Waals surface area contributed by atoms with E-state index in [1.807, 2.05) is 6.92 Å². The predicted octanol–water partition coefficient (Wildman–Crippen LogP) is 3.33. The molecule has 1 aromatic carbocycles. The van der Waals surface area contributed by atoms with Gasteiger partial charge in [-0.3, -0.25) is 0 Å². The minimum atomic E-state index is 0.959. The van der Waals surface area contributed by atoms with Crippen molar-refractivity contribution in [2.24, 2.45) is 0 Å². The number of methoxy groups -OCH3 is 1. The van der Waals surface area contributed by atoms with E-state index in [2.05, 4.69) is 35.0 Å². The lowest BCUT2D eigenvalue weighted by Gasteiger charge is -2.08. The molecule has 0 saturated heterocycles. The van der Waals surface area contributed by atoms with Crippen molar-refractivity contribution in [3.63, 3.8) is 0 Å². The molecule has 0 unspecified atom stereocenters. The molecular weight excluding hydrogens is 216 g/mol. The highest BCUT2D eigenvalue weighted by Crippen LogP contribution is 2.27. The van der Waals surface area contributed by atoms with Crippen molar-refractivity contribution < 1.29 is 4.74 Å². The number of benzene rings is 1. The molecule has 1 nitrogen and oxygen atoms in total. The normalized spacial score (nSPS) is 10.0. The number of aryl methyl sites for hydroxylation is 1. The Kier molecular flexibility index (Phi) is 3.15. The molecule has 0 aromatic heterocycles. The van der Waals surface area contributed by atoms with E-state index < -0.39 is 0 Å². The highest BCUT2D eigenvalue weighted by Gasteiger charge is 2.03. The van der Waals surface area contributed by atoms with Crippen LogP contribution >= 0.6 is 15.9 Å². The van der Waals surface area contributed by atoms with Gasteiger partial charge >= 0.3 is 0 Å². The monoisotopic (exact) mass is 228 g/mol. The second-order valence-corrected chi connectivity index (χ2v) is 3.61. The zero-order valence-corrected chi connectivity index (χ0v) is 9.23. The molecule has 0 aliphatic heterocycles. The molecule has 0 amide bonds. The fraction of sp³-hybridized carbons (Fsp3) is 0.400. The molecule has 0 bridgehead atoms. The second-order valence-electron chi connectivity index (χ2n) is 2.76. The quantitative estimate of drug-likeness (QED) is 0.755. The maximum Gasteiger partial charge on any atom is 0.123 e. The van der Waals surface area contributed by atoms with Crippen LogP contribution in [0.1, 0.15) is 18.1 Å². The molecule has 0 saturated carbocycles. The van der Waals surface area contributed by atoms with Gasteiger partial charge < -0.3 is 4.74 Å². The van der Waals surface area contributed by atoms with Gasteiger partial charge in [-0.25, -0.2) is 0 Å². The standard InChI is InChI=1S/C10H13BrO/c1-4-8-5-9(11)7(2)10(6-8)12-3/h5-6H,4H2,1-3H3. The van der Waals surface area contributed by atoms with Crippen molar-refractivity contribution in [1.82, 2.24) is 0 Å². The topological polar surface area (TPSA) is 9.23 Å². The zero-order valence-electron chi connectivity index (χ0n) is 7.65. The summed E-state index contributed by atoms with van der Waals surface area (Å²) in [6.45, 7) is 4.18. The lowest BCUT2D eigenvalue weighted by molar-refractivity contribution is 0.411. The Bertz CT molecular complexity index is 281. The number of halogens is 1. The second kappa shape index (κ2) is 3.94. The molecular formula is C10H13BrO. The van der Waals surface area contributed by atoms with Gasteiger partial charge in [0.1, 0.15) is 5.75 Å². The third-order valence-electron chi connectivity index (χ3n) is 1.98. The smallest absolute Gasteiger partial charge is 0.123 e. The lowest BCUT2D eigenvalue weighted by atomic mass is 10.1. The molecule has 0 N–H and O–H groups in total. The molecule has 66 valence electrons. The Balaban J connectivity index is 3.19. The third-order valence-corrected chi connectivity index (χ3v) is 2.81. The third kappa shape index (κ3) is 1.81. The van der Waals surface area contributed by atoms with Crippen LogP contribution in [0.15, 0.2) is 16.6 Å². The Morgan fingerprint density at radius 3 is 2.58 bits per heavy atom. The Morgan fingerprint density at radius 2 is 2.08 bits per heavy atom. The number of ether oxygens (including phenoxy) is 1. The van der Waals surface area contributed by atoms with E-state index in [-0.39, 0.29) is 0 Å². The van der Waals surface area contributed by atoms with Crippen molar-refractivity contribution in [3.05, 3.63) is 27.7 Å². The molecule has 0 heterocycles. The van der Waals surface area contributed by atoms with E-state index in [4.69, 9.17) is 4.74 Å². The van der Waals surface area contributed by atoms with E-state index in [1.54, 1.807) is 7.11 Å². The number of hydrogen-bond donors (Lipinski definition) is 0. The first-order valence-electron chi connectivity index (χ1n) is 4.02. The summed E-state index contributed by atoms with van der Waals surface area (Å²) < 4.78 is 6.36. The summed E-state index contributed by atoms with van der Waals surface area (Å²) in [6, 6.07) is 4.22. The maximum absolute atomic E-state index is 5.24. The van der Waals surface area contributed by atoms with E-state index >= 15 is 0 Å². The van der Waals surface area contributed by atoms with Gasteiger partial charge in [0, 0.05) is 10.0 Å². The van der Waals surface area contributed by atoms with Crippen LogP contribution in [0, 0.1) is 6.92 Å². The summed E-state index contributed by atoms with van der Waals surface area (Å²) in [5.41, 5.74) is 2.46. The van der Waals surface area contributed by atoms with Crippen LogP contribution in [0.4, 0.5) is 0 Å². The average Bonchev–Trinajstić information content (AvgIpc) is 2.09. The molecule has 1 rings (SSSR count). The van der Waals surface area contributed by atoms with Crippen molar-refractivity contribution in [1.29, 1.82) is 0 Å². The van der Waals surface area contributed by atoms with Crippen LogP contribution < -0.4 is 4.74 Å². The van der Waals surface area contributed by atoms with Crippen molar-refractivity contribution in [3.8, 4) is 5.75 Å². The average molecular weight is 229 g/mol. The van der Waals surface area contributed by atoms with Crippen LogP contribution in [0.5, 0.6) is 5.75 Å². The van der Waals surface area contributed by atoms with Crippen molar-refractivity contribution in [2.45, 2.75) is 20.3 Å². The minimum Gasteiger partial charge on any atom is -0.496 e. The molecule has 0 spiro atoms. The van der Waals surface area contributed by atoms with Gasteiger partial charge in [-0.15, -0.1) is 0 Å². The van der Waals surface area contributed by atoms with Gasteiger partial charge in [0.15, 0.2) is 0 Å². The van der Waals surface area contributed by atoms with Crippen molar-refractivity contribution >= 4 is 15.9 Å². The van der Waals surface area contributed by atoms with Crippen LogP contribution in [-0.4, -0.2) is 7.11 Å². The lowest BCUT2D eigenvalue weighted by Crippen LogP contribution is -1.90. The van der Waals surface area contributed by atoms with Crippen LogP contribution in [-0.2, 0) is 6.42 Å². The first kappa shape index (κ1) is 9.59. The molecule has 0 fully saturated rings. The van der Waals surface area contributed by atoms with Gasteiger partial charge in [0.05, 0.1) is 7.11 Å². The van der Waals surface area contributed by atoms with Crippen LogP contribution in [0.2, 0.25) is 0 Å². The largest absolute Gasteiger partial charge is 0.496 e. The van der Waals surface area contributed by atoms with E-state index in [0.717, 1.165) is 22.2 Å². The first-order chi connectivity index (χ1) is 5.69. The van der Waals surface area contributed by atoms with Crippen LogP contribution in [0.3, 0.4) is 0 Å². The van der Waals surface area contributed by atoms with E-state index in [9.17, 15) is 0 Å². The zero-order chi connectivity index (χ0) is 9.14. The molecule has 0 aliphatic rings. The van der Waals surface area contributed by atoms with Crippen molar-refractivity contribution in [2.75, 3.05) is 7.11 Å². The molecule has 0 atom stereocenters. The predicted molar refractivity (Wildman–Crippen MR) is 54.8 cm³/mol. The summed E-state index contributed by atoms with van der Waals surface area (Å²) in [5.74, 6) is 0.959. The minimum absolute atomic E-state index is 0.959. The van der Waals surface area contributed by atoms with Gasteiger partial charge in [-0.05, 0) is 31.0 Å². The number of hydrogen-bond acceptors (Lipinski definition) is 1. The summed E-state index contributed by atoms with van der Waals surface area (Å²) in [5, 5.41) is 0. The first-order valence-corrected chi connectivity index (χ1v) is 4.81. The van der Waals surface area contributed by atoms with Gasteiger partial charge in [-0.1, -0.05) is 22.9 Å². The van der Waals surface area contributed by atoms with E-state index in [1.165, 1.54) is 5.56 Å². The van der Waals surface area contributed by atoms with Gasteiger partial charge in [0.25, 0.3) is 0 Å². The van der Waals surface area contributed by atoms with E-state index in [0.29, 0.717) is 0 Å². The summed E-state index contributed by atoms with van der Waals surface area (Å²) in [4.78, 5) is 0. The van der Waals surface area contributed by atoms with Gasteiger partial charge in [-0.2, -0.15) is 0 Å². The molecule has 0 radical (unpaired) electrons. The summed E-state index contributed by atoms with van der Waals surface area (Å²) >= 11 is 3.50. The molecule has 2 heteroatoms. The molecule has 0 aliphatic carbocycles. The molecule has 12 heavy (non-hydrogen) atoms.